The number of rotatable bonds is 4. The lowest BCUT2D eigenvalue weighted by molar-refractivity contribution is 0.0529. The van der Waals surface area contributed by atoms with Crippen LogP contribution >= 0.6 is 11.3 Å². The monoisotopic (exact) mass is 370 g/mol. The first-order valence-corrected chi connectivity index (χ1v) is 9.42. The van der Waals surface area contributed by atoms with Gasteiger partial charge in [-0.25, -0.2) is 9.78 Å². The van der Waals surface area contributed by atoms with Gasteiger partial charge in [-0.05, 0) is 23.5 Å². The number of nitrogens with zero attached hydrogens (tertiary/aromatic N) is 2. The number of hydrogen-bond acceptors (Lipinski definition) is 5. The zero-order chi connectivity index (χ0) is 18.9. The Morgan fingerprint density at radius 1 is 1.23 bits per heavy atom. The van der Waals surface area contributed by atoms with E-state index in [9.17, 15) is 9.59 Å². The predicted octanol–water partition coefficient (Wildman–Crippen LogP) is 3.98. The zero-order valence-electron chi connectivity index (χ0n) is 15.4. The van der Waals surface area contributed by atoms with E-state index in [0.717, 1.165) is 5.56 Å². The highest BCUT2D eigenvalue weighted by molar-refractivity contribution is 7.17. The Bertz CT molecular complexity index is 995. The van der Waals surface area contributed by atoms with Crippen molar-refractivity contribution in [1.29, 1.82) is 0 Å². The molecule has 0 fully saturated rings. The fourth-order valence-corrected chi connectivity index (χ4v) is 3.61. The van der Waals surface area contributed by atoms with E-state index in [1.54, 1.807) is 12.3 Å². The lowest BCUT2D eigenvalue weighted by Gasteiger charge is -2.19. The molecule has 136 valence electrons. The van der Waals surface area contributed by atoms with Crippen LogP contribution in [0.25, 0.3) is 10.2 Å². The predicted molar refractivity (Wildman–Crippen MR) is 104 cm³/mol. The Morgan fingerprint density at radius 3 is 2.54 bits per heavy atom. The van der Waals surface area contributed by atoms with Crippen LogP contribution in [-0.2, 0) is 16.7 Å². The molecule has 6 heteroatoms. The number of aromatic nitrogens is 2. The molecule has 0 saturated heterocycles. The van der Waals surface area contributed by atoms with Gasteiger partial charge in [-0.3, -0.25) is 9.36 Å². The first-order chi connectivity index (χ1) is 12.3. The minimum atomic E-state index is -0.482. The quantitative estimate of drug-likeness (QED) is 0.652. The van der Waals surface area contributed by atoms with Gasteiger partial charge in [0, 0.05) is 5.38 Å². The Morgan fingerprint density at radius 2 is 1.92 bits per heavy atom. The molecule has 3 aromatic rings. The fraction of sp³-hybridized carbons (Fsp3) is 0.350. The Kier molecular flexibility index (Phi) is 4.96. The van der Waals surface area contributed by atoms with E-state index in [2.05, 4.69) is 37.9 Å². The van der Waals surface area contributed by atoms with Gasteiger partial charge in [-0.2, -0.15) is 0 Å². The van der Waals surface area contributed by atoms with Crippen molar-refractivity contribution in [2.45, 2.75) is 39.7 Å². The van der Waals surface area contributed by atoms with Crippen LogP contribution in [0.15, 0.2) is 40.8 Å². The van der Waals surface area contributed by atoms with Crippen molar-refractivity contribution in [3.05, 3.63) is 63.0 Å². The molecule has 0 N–H and O–H groups in total. The number of hydrogen-bond donors (Lipinski definition) is 0. The highest BCUT2D eigenvalue weighted by Crippen LogP contribution is 2.23. The number of benzene rings is 1. The minimum absolute atomic E-state index is 0.0844. The normalized spacial score (nSPS) is 11.7. The summed E-state index contributed by atoms with van der Waals surface area (Å²) in [6, 6.07) is 8.22. The molecule has 5 nitrogen and oxygen atoms in total. The first-order valence-electron chi connectivity index (χ1n) is 8.54. The molecular weight excluding hydrogens is 348 g/mol. The zero-order valence-corrected chi connectivity index (χ0v) is 16.2. The smallest absolute Gasteiger partial charge is 0.339 e. The van der Waals surface area contributed by atoms with Gasteiger partial charge < -0.3 is 4.74 Å². The minimum Gasteiger partial charge on any atom is -0.462 e. The average Bonchev–Trinajstić information content (AvgIpc) is 3.02. The van der Waals surface area contributed by atoms with Crippen LogP contribution in [0.5, 0.6) is 0 Å². The standard InChI is InChI=1S/C20H22N2O3S/c1-5-25-19(24)15-11-26-17-16(15)18(23)22(12-21-17)10-13-6-8-14(9-7-13)20(2,3)4/h6-9,11-12H,5,10H2,1-4H3. The maximum absolute atomic E-state index is 12.9. The van der Waals surface area contributed by atoms with Gasteiger partial charge in [0.05, 0.1) is 30.4 Å². The second kappa shape index (κ2) is 7.03. The summed E-state index contributed by atoms with van der Waals surface area (Å²) in [5.74, 6) is -0.482. The van der Waals surface area contributed by atoms with Gasteiger partial charge >= 0.3 is 5.97 Å². The van der Waals surface area contributed by atoms with Gasteiger partial charge in [0.1, 0.15) is 4.83 Å². The van der Waals surface area contributed by atoms with E-state index in [4.69, 9.17) is 4.74 Å². The molecule has 0 radical (unpaired) electrons. The summed E-state index contributed by atoms with van der Waals surface area (Å²) in [7, 11) is 0. The number of fused-ring (bicyclic) bond motifs is 1. The number of thiophene rings is 1. The van der Waals surface area contributed by atoms with Crippen molar-refractivity contribution in [2.75, 3.05) is 6.61 Å². The Hall–Kier alpha value is -2.47. The molecular formula is C20H22N2O3S. The molecule has 0 aliphatic carbocycles. The molecule has 0 unspecified atom stereocenters. The summed E-state index contributed by atoms with van der Waals surface area (Å²) in [6.45, 7) is 8.91. The molecule has 0 aliphatic rings. The Labute approximate surface area is 156 Å². The second-order valence-electron chi connectivity index (χ2n) is 7.17. The molecule has 0 atom stereocenters. The van der Waals surface area contributed by atoms with E-state index in [1.807, 2.05) is 12.1 Å². The molecule has 3 rings (SSSR count). The van der Waals surface area contributed by atoms with E-state index < -0.39 is 5.97 Å². The summed E-state index contributed by atoms with van der Waals surface area (Å²) in [5.41, 5.74) is 2.40. The van der Waals surface area contributed by atoms with Crippen LogP contribution in [-0.4, -0.2) is 22.1 Å². The summed E-state index contributed by atoms with van der Waals surface area (Å²) < 4.78 is 6.58. The van der Waals surface area contributed by atoms with Crippen molar-refractivity contribution in [3.8, 4) is 0 Å². The summed E-state index contributed by atoms with van der Waals surface area (Å²) in [4.78, 5) is 29.8. The van der Waals surface area contributed by atoms with E-state index >= 15 is 0 Å². The summed E-state index contributed by atoms with van der Waals surface area (Å²) in [6.07, 6.45) is 1.54. The van der Waals surface area contributed by atoms with Crippen molar-refractivity contribution < 1.29 is 9.53 Å². The van der Waals surface area contributed by atoms with Gasteiger partial charge in [0.15, 0.2) is 0 Å². The molecule has 0 bridgehead atoms. The largest absolute Gasteiger partial charge is 0.462 e. The van der Waals surface area contributed by atoms with Crippen LogP contribution in [0.2, 0.25) is 0 Å². The SMILES string of the molecule is CCOC(=O)c1csc2ncn(Cc3ccc(C(C)(C)C)cc3)c(=O)c12. The van der Waals surface area contributed by atoms with Gasteiger partial charge in [-0.1, -0.05) is 45.0 Å². The molecule has 1 aromatic carbocycles. The maximum atomic E-state index is 12.9. The average molecular weight is 370 g/mol. The van der Waals surface area contributed by atoms with Crippen LogP contribution in [0.1, 0.15) is 49.2 Å². The summed E-state index contributed by atoms with van der Waals surface area (Å²) in [5, 5.41) is 1.97. The lowest BCUT2D eigenvalue weighted by atomic mass is 9.87. The topological polar surface area (TPSA) is 61.2 Å². The third-order valence-electron chi connectivity index (χ3n) is 4.23. The molecule has 26 heavy (non-hydrogen) atoms. The molecule has 0 amide bonds. The van der Waals surface area contributed by atoms with E-state index in [-0.39, 0.29) is 17.6 Å². The van der Waals surface area contributed by atoms with Crippen molar-refractivity contribution in [2.24, 2.45) is 0 Å². The molecule has 2 heterocycles. The lowest BCUT2D eigenvalue weighted by Crippen LogP contribution is -2.22. The van der Waals surface area contributed by atoms with Gasteiger partial charge in [0.2, 0.25) is 0 Å². The van der Waals surface area contributed by atoms with Crippen LogP contribution in [0, 0.1) is 0 Å². The van der Waals surface area contributed by atoms with Crippen LogP contribution in [0.3, 0.4) is 0 Å². The first kappa shape index (κ1) is 18.3. The van der Waals surface area contributed by atoms with Crippen molar-refractivity contribution >= 4 is 27.5 Å². The third kappa shape index (κ3) is 3.55. The van der Waals surface area contributed by atoms with Crippen LogP contribution in [0.4, 0.5) is 0 Å². The molecule has 0 aliphatic heterocycles. The maximum Gasteiger partial charge on any atom is 0.339 e. The Balaban J connectivity index is 1.96. The van der Waals surface area contributed by atoms with Gasteiger partial charge in [0.25, 0.3) is 5.56 Å². The van der Waals surface area contributed by atoms with Gasteiger partial charge in [-0.15, -0.1) is 11.3 Å². The molecule has 2 aromatic heterocycles. The molecule has 0 saturated carbocycles. The number of esters is 1. The van der Waals surface area contributed by atoms with Crippen molar-refractivity contribution in [1.82, 2.24) is 9.55 Å². The third-order valence-corrected chi connectivity index (χ3v) is 5.12. The second-order valence-corrected chi connectivity index (χ2v) is 8.03. The van der Waals surface area contributed by atoms with E-state index in [1.165, 1.54) is 27.8 Å². The molecule has 0 spiro atoms. The fourth-order valence-electron chi connectivity index (χ4n) is 2.75. The van der Waals surface area contributed by atoms with Crippen LogP contribution < -0.4 is 5.56 Å². The summed E-state index contributed by atoms with van der Waals surface area (Å²) >= 11 is 1.28. The number of carbonyl (C=O) groups is 1. The van der Waals surface area contributed by atoms with Crippen molar-refractivity contribution in [3.63, 3.8) is 0 Å². The highest BCUT2D eigenvalue weighted by Gasteiger charge is 2.18. The number of carbonyl (C=O) groups excluding carboxylic acids is 1. The van der Waals surface area contributed by atoms with E-state index in [0.29, 0.717) is 22.3 Å². The highest BCUT2D eigenvalue weighted by atomic mass is 32.1. The number of ether oxygens (including phenoxy) is 1.